The molecule has 0 aromatic carbocycles. The molecule has 2 aliphatic heterocycles. The Kier molecular flexibility index (Phi) is 7.35. The molecule has 4 unspecified atom stereocenters. The number of rotatable bonds is 7. The Morgan fingerprint density at radius 3 is 2.79 bits per heavy atom. The Balaban J connectivity index is 1.48. The minimum atomic E-state index is -0.707. The molecule has 1 fully saturated rings. The Morgan fingerprint density at radius 2 is 2.12 bits per heavy atom. The van der Waals surface area contributed by atoms with E-state index in [4.69, 9.17) is 9.84 Å². The maximum atomic E-state index is 11.1. The number of carboxylic acid groups (broad SMARTS) is 1. The van der Waals surface area contributed by atoms with Crippen molar-refractivity contribution in [3.8, 4) is 0 Å². The van der Waals surface area contributed by atoms with E-state index in [9.17, 15) is 4.79 Å². The van der Waals surface area contributed by atoms with Gasteiger partial charge >= 0.3 is 5.97 Å². The number of nitrogens with zero attached hydrogens (tertiary/aromatic N) is 4. The molecular weight excluding hydrogens is 420 g/mol. The van der Waals surface area contributed by atoms with E-state index in [1.54, 1.807) is 13.4 Å². The predicted octanol–water partition coefficient (Wildman–Crippen LogP) is 2.73. The van der Waals surface area contributed by atoms with Crippen LogP contribution in [0.4, 0.5) is 0 Å². The number of hydrogen-bond acceptors (Lipinski definition) is 7. The van der Waals surface area contributed by atoms with Crippen molar-refractivity contribution in [1.29, 1.82) is 0 Å². The highest BCUT2D eigenvalue weighted by Crippen LogP contribution is 2.36. The number of aliphatic imine (C=N–C) groups is 3. The van der Waals surface area contributed by atoms with Crippen molar-refractivity contribution in [3.63, 3.8) is 0 Å². The van der Waals surface area contributed by atoms with Crippen molar-refractivity contribution >= 4 is 24.9 Å². The van der Waals surface area contributed by atoms with Crippen molar-refractivity contribution < 1.29 is 14.6 Å². The SMILES string of the molecule is C=NC1N=CNN(C(=NC)C2CCC(CC(=O)O)CC2)C1CC1=CC2CCC=C(OC)C2N1. The molecule has 1 saturated carbocycles. The van der Waals surface area contributed by atoms with Crippen LogP contribution in [0.1, 0.15) is 51.4 Å². The van der Waals surface area contributed by atoms with Gasteiger partial charge in [0.15, 0.2) is 6.17 Å². The van der Waals surface area contributed by atoms with Gasteiger partial charge in [0.05, 0.1) is 19.2 Å². The van der Waals surface area contributed by atoms with Gasteiger partial charge in [-0.15, -0.1) is 0 Å². The van der Waals surface area contributed by atoms with Gasteiger partial charge in [-0.25, -0.2) is 4.99 Å². The van der Waals surface area contributed by atoms with E-state index in [0.29, 0.717) is 5.92 Å². The molecule has 9 heteroatoms. The topological polar surface area (TPSA) is 111 Å². The molecule has 0 spiro atoms. The van der Waals surface area contributed by atoms with Gasteiger partial charge in [0.25, 0.3) is 0 Å². The minimum Gasteiger partial charge on any atom is -0.499 e. The molecule has 2 aliphatic carbocycles. The zero-order valence-corrected chi connectivity index (χ0v) is 19.6. The lowest BCUT2D eigenvalue weighted by molar-refractivity contribution is -0.138. The third kappa shape index (κ3) is 5.07. The van der Waals surface area contributed by atoms with Gasteiger partial charge in [0.2, 0.25) is 0 Å². The fourth-order valence-electron chi connectivity index (χ4n) is 5.81. The normalized spacial score (nSPS) is 33.9. The van der Waals surface area contributed by atoms with Crippen molar-refractivity contribution in [2.75, 3.05) is 14.2 Å². The molecule has 4 rings (SSSR count). The summed E-state index contributed by atoms with van der Waals surface area (Å²) in [5.41, 5.74) is 4.50. The lowest BCUT2D eigenvalue weighted by Gasteiger charge is -2.42. The molecular formula is C24H36N6O3. The average molecular weight is 457 g/mol. The van der Waals surface area contributed by atoms with Crippen LogP contribution in [-0.4, -0.2) is 67.4 Å². The molecule has 0 amide bonds. The van der Waals surface area contributed by atoms with E-state index >= 15 is 0 Å². The summed E-state index contributed by atoms with van der Waals surface area (Å²) in [5, 5.41) is 14.9. The second-order valence-electron chi connectivity index (χ2n) is 9.41. The summed E-state index contributed by atoms with van der Waals surface area (Å²) in [6.45, 7) is 3.79. The van der Waals surface area contributed by atoms with Crippen molar-refractivity contribution in [2.45, 2.75) is 69.6 Å². The Morgan fingerprint density at radius 1 is 1.33 bits per heavy atom. The summed E-state index contributed by atoms with van der Waals surface area (Å²) in [6.07, 6.45) is 12.7. The van der Waals surface area contributed by atoms with E-state index in [1.807, 2.05) is 7.05 Å². The molecule has 33 heavy (non-hydrogen) atoms. The summed E-state index contributed by atoms with van der Waals surface area (Å²) in [5.74, 6) is 2.27. The summed E-state index contributed by atoms with van der Waals surface area (Å²) >= 11 is 0. The van der Waals surface area contributed by atoms with Crippen LogP contribution in [0.25, 0.3) is 0 Å². The van der Waals surface area contributed by atoms with E-state index in [1.165, 1.54) is 5.70 Å². The maximum absolute atomic E-state index is 11.1. The molecule has 4 aliphatic rings. The lowest BCUT2D eigenvalue weighted by Crippen LogP contribution is -2.58. The zero-order chi connectivity index (χ0) is 23.4. The molecule has 9 nitrogen and oxygen atoms in total. The first-order chi connectivity index (χ1) is 16.0. The van der Waals surface area contributed by atoms with Gasteiger partial charge in [-0.1, -0.05) is 6.08 Å². The number of nitrogens with one attached hydrogen (secondary N) is 2. The van der Waals surface area contributed by atoms with Crippen LogP contribution in [0.3, 0.4) is 0 Å². The first kappa shape index (κ1) is 23.3. The highest BCUT2D eigenvalue weighted by atomic mass is 16.5. The fourth-order valence-corrected chi connectivity index (χ4v) is 5.81. The van der Waals surface area contributed by atoms with Gasteiger partial charge in [-0.3, -0.25) is 25.2 Å². The first-order valence-electron chi connectivity index (χ1n) is 12.0. The fraction of sp³-hybridized carbons (Fsp3) is 0.667. The van der Waals surface area contributed by atoms with E-state index in [-0.39, 0.29) is 36.5 Å². The number of amidine groups is 1. The highest BCUT2D eigenvalue weighted by molar-refractivity contribution is 5.86. The monoisotopic (exact) mass is 456 g/mol. The van der Waals surface area contributed by atoms with E-state index in [0.717, 1.165) is 56.5 Å². The number of hydrogen-bond donors (Lipinski definition) is 3. The summed E-state index contributed by atoms with van der Waals surface area (Å²) < 4.78 is 5.61. The van der Waals surface area contributed by atoms with E-state index in [2.05, 4.69) is 49.6 Å². The van der Waals surface area contributed by atoms with Gasteiger partial charge in [-0.05, 0) is 57.2 Å². The molecule has 2 heterocycles. The second-order valence-corrected chi connectivity index (χ2v) is 9.41. The smallest absolute Gasteiger partial charge is 0.303 e. The standard InChI is InChI=1S/C24H36N6O3/c1-25-23-19(13-18-12-17-5-4-6-20(33-3)22(17)29-18)30(28-14-27-23)24(26-2)16-9-7-15(8-10-16)11-21(31)32/h6,12,14-17,19,22-23,29H,1,4-5,7-11,13H2,2-3H3,(H,27,28)(H,31,32). The van der Waals surface area contributed by atoms with Crippen LogP contribution in [0.5, 0.6) is 0 Å². The summed E-state index contributed by atoms with van der Waals surface area (Å²) in [7, 11) is 3.57. The van der Waals surface area contributed by atoms with Crippen LogP contribution in [0.15, 0.2) is 38.6 Å². The number of hydrazine groups is 1. The number of carbonyl (C=O) groups is 1. The molecule has 0 aromatic heterocycles. The van der Waals surface area contributed by atoms with Crippen molar-refractivity contribution in [2.24, 2.45) is 32.7 Å². The van der Waals surface area contributed by atoms with Gasteiger partial charge < -0.3 is 15.2 Å². The number of allylic oxidation sites excluding steroid dienone is 1. The maximum Gasteiger partial charge on any atom is 0.303 e. The van der Waals surface area contributed by atoms with Gasteiger partial charge in [0, 0.05) is 37.4 Å². The van der Waals surface area contributed by atoms with Crippen LogP contribution in [-0.2, 0) is 9.53 Å². The average Bonchev–Trinajstić information content (AvgIpc) is 3.23. The Hall–Kier alpha value is -2.84. The number of fused-ring (bicyclic) bond motifs is 1. The minimum absolute atomic E-state index is 0.0585. The molecule has 3 N–H and O–H groups in total. The largest absolute Gasteiger partial charge is 0.499 e. The Labute approximate surface area is 195 Å². The highest BCUT2D eigenvalue weighted by Gasteiger charge is 2.39. The Bertz CT molecular complexity index is 858. The van der Waals surface area contributed by atoms with Crippen molar-refractivity contribution in [3.05, 3.63) is 23.6 Å². The summed E-state index contributed by atoms with van der Waals surface area (Å²) in [4.78, 5) is 24.6. The molecule has 0 radical (unpaired) electrons. The number of ether oxygens (including phenoxy) is 1. The molecule has 0 bridgehead atoms. The predicted molar refractivity (Wildman–Crippen MR) is 129 cm³/mol. The van der Waals surface area contributed by atoms with E-state index < -0.39 is 5.97 Å². The molecule has 180 valence electrons. The number of carboxylic acids is 1. The van der Waals surface area contributed by atoms with Gasteiger partial charge in [-0.2, -0.15) is 0 Å². The zero-order valence-electron chi connectivity index (χ0n) is 19.6. The van der Waals surface area contributed by atoms with Crippen LogP contribution in [0.2, 0.25) is 0 Å². The van der Waals surface area contributed by atoms with Crippen LogP contribution >= 0.6 is 0 Å². The van der Waals surface area contributed by atoms with Crippen LogP contribution in [0, 0.1) is 17.8 Å². The third-order valence-electron chi connectivity index (χ3n) is 7.44. The number of aliphatic carboxylic acids is 1. The molecule has 0 aromatic rings. The van der Waals surface area contributed by atoms with Crippen molar-refractivity contribution in [1.82, 2.24) is 15.8 Å². The van der Waals surface area contributed by atoms with Gasteiger partial charge in [0.1, 0.15) is 17.9 Å². The number of methoxy groups -OCH3 is 1. The quantitative estimate of drug-likeness (QED) is 0.401. The second kappa shape index (κ2) is 10.4. The molecule has 0 saturated heterocycles. The third-order valence-corrected chi connectivity index (χ3v) is 7.44. The summed E-state index contributed by atoms with van der Waals surface area (Å²) in [6, 6.07) is 0.142. The lowest BCUT2D eigenvalue weighted by atomic mass is 9.79. The first-order valence-corrected chi connectivity index (χ1v) is 12.0. The van der Waals surface area contributed by atoms with Crippen LogP contribution < -0.4 is 10.7 Å². The molecule has 4 atom stereocenters.